The molecule has 0 unspecified atom stereocenters. The van der Waals surface area contributed by atoms with Crippen molar-refractivity contribution in [3.8, 4) is 0 Å². The maximum atomic E-state index is 4.88. The molecule has 0 saturated carbocycles. The minimum absolute atomic E-state index is 0.0976. The van der Waals surface area contributed by atoms with E-state index in [1.54, 1.807) is 0 Å². The lowest BCUT2D eigenvalue weighted by molar-refractivity contribution is 0.587. The molecular formula is C29H32N4. The zero-order valence-corrected chi connectivity index (χ0v) is 20.3. The number of benzene rings is 3. The van der Waals surface area contributed by atoms with Gasteiger partial charge in [-0.25, -0.2) is 9.97 Å². The zero-order chi connectivity index (χ0) is 23.4. The molecule has 1 aliphatic heterocycles. The molecule has 2 N–H and O–H groups in total. The summed E-state index contributed by atoms with van der Waals surface area (Å²) >= 11 is 0. The first-order chi connectivity index (χ1) is 15.6. The van der Waals surface area contributed by atoms with Gasteiger partial charge in [0.05, 0.1) is 11.0 Å². The van der Waals surface area contributed by atoms with Crippen LogP contribution in [0, 0.1) is 0 Å². The van der Waals surface area contributed by atoms with Gasteiger partial charge in [0.15, 0.2) is 17.3 Å². The minimum atomic E-state index is -0.646. The fraction of sp³-hybridized carbons (Fsp3) is 0.310. The standard InChI is InChI=1S/C29H32N4/c1-27(2,3)19-11-15-21(16-12-19)29(22-17-13-20(14-18-22)28(4,5)6)32-25-26(33-29)31-24-10-8-7-9-23(24)30-25/h7-18H,1-6H3,(H,30,32)(H,31,33). The van der Waals surface area contributed by atoms with Crippen LogP contribution in [-0.4, -0.2) is 9.97 Å². The predicted molar refractivity (Wildman–Crippen MR) is 138 cm³/mol. The fourth-order valence-electron chi connectivity index (χ4n) is 4.46. The summed E-state index contributed by atoms with van der Waals surface area (Å²) in [6.07, 6.45) is 0. The highest BCUT2D eigenvalue weighted by Crippen LogP contribution is 2.43. The Morgan fingerprint density at radius 1 is 0.545 bits per heavy atom. The Hall–Kier alpha value is -3.40. The molecular weight excluding hydrogens is 404 g/mol. The largest absolute Gasteiger partial charge is 0.337 e. The maximum absolute atomic E-state index is 4.88. The van der Waals surface area contributed by atoms with Crippen LogP contribution >= 0.6 is 0 Å². The molecule has 4 aromatic rings. The van der Waals surface area contributed by atoms with Crippen LogP contribution in [0.1, 0.15) is 63.8 Å². The number of nitrogens with one attached hydrogen (secondary N) is 2. The molecule has 2 heterocycles. The average Bonchev–Trinajstić information content (AvgIpc) is 3.16. The van der Waals surface area contributed by atoms with E-state index in [9.17, 15) is 0 Å². The van der Waals surface area contributed by atoms with E-state index in [2.05, 4.69) is 101 Å². The highest BCUT2D eigenvalue weighted by atomic mass is 15.3. The molecule has 5 rings (SSSR count). The number of fused-ring (bicyclic) bond motifs is 2. The minimum Gasteiger partial charge on any atom is -0.337 e. The van der Waals surface area contributed by atoms with E-state index in [0.29, 0.717) is 0 Å². The normalized spacial score (nSPS) is 15.1. The molecule has 168 valence electrons. The van der Waals surface area contributed by atoms with Gasteiger partial charge in [-0.3, -0.25) is 0 Å². The second kappa shape index (κ2) is 7.31. The summed E-state index contributed by atoms with van der Waals surface area (Å²) in [5, 5.41) is 7.41. The Kier molecular flexibility index (Phi) is 4.75. The predicted octanol–water partition coefficient (Wildman–Crippen LogP) is 6.96. The molecule has 0 bridgehead atoms. The van der Waals surface area contributed by atoms with Gasteiger partial charge in [-0.15, -0.1) is 0 Å². The smallest absolute Gasteiger partial charge is 0.172 e. The van der Waals surface area contributed by atoms with Crippen LogP contribution in [0.25, 0.3) is 11.0 Å². The molecule has 0 spiro atoms. The van der Waals surface area contributed by atoms with Gasteiger partial charge in [0, 0.05) is 11.1 Å². The first-order valence-electron chi connectivity index (χ1n) is 11.6. The van der Waals surface area contributed by atoms with E-state index >= 15 is 0 Å². The summed E-state index contributed by atoms with van der Waals surface area (Å²) in [5.74, 6) is 1.54. The van der Waals surface area contributed by atoms with E-state index in [0.717, 1.165) is 33.8 Å². The van der Waals surface area contributed by atoms with Crippen LogP contribution < -0.4 is 10.6 Å². The summed E-state index contributed by atoms with van der Waals surface area (Å²) in [4.78, 5) is 9.76. The van der Waals surface area contributed by atoms with Gasteiger partial charge >= 0.3 is 0 Å². The number of hydrogen-bond donors (Lipinski definition) is 2. The van der Waals surface area contributed by atoms with E-state index in [1.807, 2.05) is 24.3 Å². The Morgan fingerprint density at radius 2 is 0.909 bits per heavy atom. The Bertz CT molecular complexity index is 1200. The molecule has 1 aromatic heterocycles. The maximum Gasteiger partial charge on any atom is 0.172 e. The van der Waals surface area contributed by atoms with Crippen LogP contribution in [0.5, 0.6) is 0 Å². The Morgan fingerprint density at radius 3 is 1.24 bits per heavy atom. The van der Waals surface area contributed by atoms with Gasteiger partial charge < -0.3 is 10.6 Å². The van der Waals surface area contributed by atoms with Crippen molar-refractivity contribution in [1.29, 1.82) is 0 Å². The molecule has 3 aromatic carbocycles. The third-order valence-electron chi connectivity index (χ3n) is 6.55. The molecule has 1 aliphatic rings. The number of hydrogen-bond acceptors (Lipinski definition) is 4. The second-order valence-electron chi connectivity index (χ2n) is 11.1. The highest BCUT2D eigenvalue weighted by molar-refractivity contribution is 5.84. The van der Waals surface area contributed by atoms with Gasteiger partial charge in [-0.05, 0) is 34.1 Å². The van der Waals surface area contributed by atoms with Gasteiger partial charge in [0.2, 0.25) is 0 Å². The van der Waals surface area contributed by atoms with Crippen LogP contribution in [0.2, 0.25) is 0 Å². The van der Waals surface area contributed by atoms with Crippen molar-refractivity contribution < 1.29 is 0 Å². The van der Waals surface area contributed by atoms with Crippen LogP contribution in [0.15, 0.2) is 72.8 Å². The lowest BCUT2D eigenvalue weighted by Gasteiger charge is -2.33. The first-order valence-corrected chi connectivity index (χ1v) is 11.6. The summed E-state index contributed by atoms with van der Waals surface area (Å²) in [6, 6.07) is 25.7. The fourth-order valence-corrected chi connectivity index (χ4v) is 4.46. The summed E-state index contributed by atoms with van der Waals surface area (Å²) in [6.45, 7) is 13.4. The van der Waals surface area contributed by atoms with Gasteiger partial charge in [0.1, 0.15) is 0 Å². The molecule has 0 atom stereocenters. The van der Waals surface area contributed by atoms with Crippen molar-refractivity contribution in [1.82, 2.24) is 9.97 Å². The van der Waals surface area contributed by atoms with Gasteiger partial charge in [-0.1, -0.05) is 102 Å². The number of rotatable bonds is 2. The van der Waals surface area contributed by atoms with Gasteiger partial charge in [-0.2, -0.15) is 0 Å². The van der Waals surface area contributed by atoms with Crippen LogP contribution in [0.3, 0.4) is 0 Å². The molecule has 0 fully saturated rings. The number of nitrogens with zero attached hydrogens (tertiary/aromatic N) is 2. The second-order valence-corrected chi connectivity index (χ2v) is 11.1. The topological polar surface area (TPSA) is 49.8 Å². The molecule has 4 heteroatoms. The Labute approximate surface area is 196 Å². The monoisotopic (exact) mass is 436 g/mol. The van der Waals surface area contributed by atoms with Crippen LogP contribution in [0.4, 0.5) is 11.6 Å². The zero-order valence-electron chi connectivity index (χ0n) is 20.3. The van der Waals surface area contributed by atoms with Crippen molar-refractivity contribution in [2.75, 3.05) is 10.6 Å². The average molecular weight is 437 g/mol. The lowest BCUT2D eigenvalue weighted by Crippen LogP contribution is -2.40. The molecule has 4 nitrogen and oxygen atoms in total. The number of anilines is 2. The van der Waals surface area contributed by atoms with E-state index in [4.69, 9.17) is 9.97 Å². The summed E-state index contributed by atoms with van der Waals surface area (Å²) in [7, 11) is 0. The number of para-hydroxylation sites is 2. The molecule has 33 heavy (non-hydrogen) atoms. The third kappa shape index (κ3) is 3.74. The van der Waals surface area contributed by atoms with E-state index in [1.165, 1.54) is 11.1 Å². The van der Waals surface area contributed by atoms with Crippen molar-refractivity contribution in [3.63, 3.8) is 0 Å². The third-order valence-corrected chi connectivity index (χ3v) is 6.55. The van der Waals surface area contributed by atoms with Crippen molar-refractivity contribution >= 4 is 22.7 Å². The quantitative estimate of drug-likeness (QED) is 0.356. The molecule has 0 saturated heterocycles. The van der Waals surface area contributed by atoms with E-state index < -0.39 is 5.66 Å². The van der Waals surface area contributed by atoms with Crippen molar-refractivity contribution in [3.05, 3.63) is 95.1 Å². The van der Waals surface area contributed by atoms with Crippen molar-refractivity contribution in [2.45, 2.75) is 58.0 Å². The molecule has 0 radical (unpaired) electrons. The summed E-state index contributed by atoms with van der Waals surface area (Å²) in [5.41, 5.74) is 6.18. The van der Waals surface area contributed by atoms with Gasteiger partial charge in [0.25, 0.3) is 0 Å². The lowest BCUT2D eigenvalue weighted by atomic mass is 9.83. The first kappa shape index (κ1) is 21.4. The highest BCUT2D eigenvalue weighted by Gasteiger charge is 2.42. The summed E-state index contributed by atoms with van der Waals surface area (Å²) < 4.78 is 0. The van der Waals surface area contributed by atoms with Crippen LogP contribution in [-0.2, 0) is 16.5 Å². The molecule has 0 aliphatic carbocycles. The Balaban J connectivity index is 1.65. The van der Waals surface area contributed by atoms with Crippen molar-refractivity contribution in [2.24, 2.45) is 0 Å². The number of aromatic nitrogens is 2. The molecule has 0 amide bonds. The van der Waals surface area contributed by atoms with E-state index in [-0.39, 0.29) is 10.8 Å². The SMILES string of the molecule is CC(C)(C)c1ccc(C2(c3ccc(C(C)(C)C)cc3)Nc3nc4ccccc4nc3N2)cc1.